The molecular formula is C19H21N3OS. The Balaban J connectivity index is 1.46. The normalized spacial score (nSPS) is 18.2. The van der Waals surface area contributed by atoms with Crippen molar-refractivity contribution in [2.45, 2.75) is 32.3 Å². The van der Waals surface area contributed by atoms with Crippen LogP contribution in [-0.2, 0) is 31.0 Å². The number of ether oxygens (including phenoxy) is 1. The molecule has 0 aliphatic carbocycles. The first-order chi connectivity index (χ1) is 11.9. The molecule has 0 radical (unpaired) electrons. The molecule has 5 heteroatoms. The summed E-state index contributed by atoms with van der Waals surface area (Å²) in [6.45, 7) is 4.33. The minimum atomic E-state index is 0.166. The molecule has 1 aliphatic rings. The summed E-state index contributed by atoms with van der Waals surface area (Å²) in [5.41, 5.74) is 3.72. The van der Waals surface area contributed by atoms with E-state index in [-0.39, 0.29) is 6.10 Å². The van der Waals surface area contributed by atoms with Crippen molar-refractivity contribution in [1.82, 2.24) is 14.5 Å². The molecule has 24 heavy (non-hydrogen) atoms. The van der Waals surface area contributed by atoms with Gasteiger partial charge in [0.1, 0.15) is 0 Å². The molecule has 1 aliphatic heterocycles. The van der Waals surface area contributed by atoms with E-state index in [2.05, 4.69) is 49.6 Å². The summed E-state index contributed by atoms with van der Waals surface area (Å²) in [5.74, 6) is 0. The predicted molar refractivity (Wildman–Crippen MR) is 95.7 cm³/mol. The number of hydrogen-bond donors (Lipinski definition) is 0. The zero-order valence-corrected chi connectivity index (χ0v) is 14.4. The Bertz CT molecular complexity index is 754. The fourth-order valence-corrected chi connectivity index (χ4v) is 3.84. The van der Waals surface area contributed by atoms with Crippen molar-refractivity contribution in [3.8, 4) is 0 Å². The summed E-state index contributed by atoms with van der Waals surface area (Å²) in [6, 6.07) is 12.5. The average molecular weight is 339 g/mol. The van der Waals surface area contributed by atoms with Gasteiger partial charge in [0.05, 0.1) is 18.4 Å². The quantitative estimate of drug-likeness (QED) is 0.712. The van der Waals surface area contributed by atoms with Crippen molar-refractivity contribution >= 4 is 11.3 Å². The third-order valence-electron chi connectivity index (χ3n) is 4.35. The largest absolute Gasteiger partial charge is 0.369 e. The van der Waals surface area contributed by atoms with E-state index in [4.69, 9.17) is 4.74 Å². The first-order valence-corrected chi connectivity index (χ1v) is 9.20. The summed E-state index contributed by atoms with van der Waals surface area (Å²) < 4.78 is 8.52. The maximum atomic E-state index is 6.20. The number of nitrogens with zero attached hydrogens (tertiary/aromatic N) is 3. The summed E-state index contributed by atoms with van der Waals surface area (Å²) in [5, 5.41) is 4.37. The van der Waals surface area contributed by atoms with Crippen molar-refractivity contribution in [3.05, 3.63) is 76.5 Å². The van der Waals surface area contributed by atoms with E-state index >= 15 is 0 Å². The van der Waals surface area contributed by atoms with Gasteiger partial charge in [-0.05, 0) is 46.7 Å². The Morgan fingerprint density at radius 3 is 3.00 bits per heavy atom. The third-order valence-corrected chi connectivity index (χ3v) is 5.08. The lowest BCUT2D eigenvalue weighted by Gasteiger charge is -2.23. The van der Waals surface area contributed by atoms with Crippen LogP contribution in [0.25, 0.3) is 0 Å². The summed E-state index contributed by atoms with van der Waals surface area (Å²) >= 11 is 1.76. The van der Waals surface area contributed by atoms with Crippen LogP contribution in [0.1, 0.15) is 17.0 Å². The lowest BCUT2D eigenvalue weighted by Crippen LogP contribution is -2.32. The molecule has 0 aromatic carbocycles. The van der Waals surface area contributed by atoms with Gasteiger partial charge in [-0.1, -0.05) is 6.07 Å². The molecule has 0 spiro atoms. The van der Waals surface area contributed by atoms with Crippen molar-refractivity contribution in [1.29, 1.82) is 0 Å². The second-order valence-electron chi connectivity index (χ2n) is 6.21. The van der Waals surface area contributed by atoms with E-state index in [1.807, 2.05) is 24.4 Å². The van der Waals surface area contributed by atoms with Crippen LogP contribution < -0.4 is 0 Å². The number of pyridine rings is 1. The molecule has 0 bridgehead atoms. The average Bonchev–Trinajstić information content (AvgIpc) is 3.23. The Kier molecular flexibility index (Phi) is 4.74. The highest BCUT2D eigenvalue weighted by Gasteiger charge is 2.22. The second kappa shape index (κ2) is 7.30. The first kappa shape index (κ1) is 15.6. The standard InChI is InChI=1S/C19H21N3OS/c1-2-7-20-17(4-1)14-23-19-12-21(10-16-6-9-24-15-16)11-18-5-3-8-22(18)13-19/h1-9,15,19H,10-14H2. The molecule has 1 unspecified atom stereocenters. The van der Waals surface area contributed by atoms with Gasteiger partial charge in [0.15, 0.2) is 0 Å². The van der Waals surface area contributed by atoms with Gasteiger partial charge in [-0.2, -0.15) is 11.3 Å². The summed E-state index contributed by atoms with van der Waals surface area (Å²) in [6.07, 6.45) is 4.14. The zero-order chi connectivity index (χ0) is 16.2. The highest BCUT2D eigenvalue weighted by molar-refractivity contribution is 7.07. The van der Waals surface area contributed by atoms with E-state index in [9.17, 15) is 0 Å². The molecule has 1 atom stereocenters. The molecule has 0 saturated heterocycles. The van der Waals surface area contributed by atoms with E-state index in [0.29, 0.717) is 6.61 Å². The van der Waals surface area contributed by atoms with E-state index < -0.39 is 0 Å². The molecule has 3 aromatic rings. The van der Waals surface area contributed by atoms with Crippen LogP contribution in [0.5, 0.6) is 0 Å². The van der Waals surface area contributed by atoms with Gasteiger partial charge in [-0.3, -0.25) is 9.88 Å². The van der Waals surface area contributed by atoms with Crippen LogP contribution in [0.3, 0.4) is 0 Å². The molecular weight excluding hydrogens is 318 g/mol. The van der Waals surface area contributed by atoms with Crippen LogP contribution in [0, 0.1) is 0 Å². The Labute approximate surface area is 146 Å². The SMILES string of the molecule is c1ccc(COC2CN(Cc3ccsc3)Cc3cccn3C2)nc1. The summed E-state index contributed by atoms with van der Waals surface area (Å²) in [7, 11) is 0. The molecule has 0 N–H and O–H groups in total. The van der Waals surface area contributed by atoms with Gasteiger partial charge in [0.2, 0.25) is 0 Å². The third kappa shape index (κ3) is 3.75. The number of thiophene rings is 1. The fraction of sp³-hybridized carbons (Fsp3) is 0.316. The van der Waals surface area contributed by atoms with Crippen LogP contribution >= 0.6 is 11.3 Å². The van der Waals surface area contributed by atoms with Crippen molar-refractivity contribution in [3.63, 3.8) is 0 Å². The lowest BCUT2D eigenvalue weighted by atomic mass is 10.2. The molecule has 4 nitrogen and oxygen atoms in total. The van der Waals surface area contributed by atoms with E-state index in [1.54, 1.807) is 11.3 Å². The van der Waals surface area contributed by atoms with Crippen LogP contribution in [0.2, 0.25) is 0 Å². The van der Waals surface area contributed by atoms with Gasteiger partial charge >= 0.3 is 0 Å². The van der Waals surface area contributed by atoms with Crippen molar-refractivity contribution in [2.24, 2.45) is 0 Å². The lowest BCUT2D eigenvalue weighted by molar-refractivity contribution is 0.00727. The van der Waals surface area contributed by atoms with Crippen molar-refractivity contribution < 1.29 is 4.74 Å². The topological polar surface area (TPSA) is 30.3 Å². The Morgan fingerprint density at radius 2 is 2.17 bits per heavy atom. The zero-order valence-electron chi connectivity index (χ0n) is 13.5. The molecule has 0 fully saturated rings. The van der Waals surface area contributed by atoms with Gasteiger partial charge in [0.25, 0.3) is 0 Å². The summed E-state index contributed by atoms with van der Waals surface area (Å²) in [4.78, 5) is 6.83. The van der Waals surface area contributed by atoms with Crippen LogP contribution in [0.4, 0.5) is 0 Å². The smallest absolute Gasteiger partial charge is 0.0893 e. The minimum absolute atomic E-state index is 0.166. The van der Waals surface area contributed by atoms with Gasteiger partial charge in [-0.25, -0.2) is 0 Å². The molecule has 124 valence electrons. The second-order valence-corrected chi connectivity index (χ2v) is 6.99. The van der Waals surface area contributed by atoms with E-state index in [0.717, 1.165) is 31.9 Å². The van der Waals surface area contributed by atoms with Gasteiger partial charge in [0, 0.05) is 44.3 Å². The molecule has 4 rings (SSSR count). The maximum Gasteiger partial charge on any atom is 0.0893 e. The molecule has 0 amide bonds. The fourth-order valence-electron chi connectivity index (χ4n) is 3.18. The monoisotopic (exact) mass is 339 g/mol. The molecule has 0 saturated carbocycles. The number of rotatable bonds is 5. The Morgan fingerprint density at radius 1 is 1.17 bits per heavy atom. The Hall–Kier alpha value is -1.95. The minimum Gasteiger partial charge on any atom is -0.369 e. The van der Waals surface area contributed by atoms with E-state index in [1.165, 1.54) is 11.3 Å². The van der Waals surface area contributed by atoms with Crippen molar-refractivity contribution in [2.75, 3.05) is 6.54 Å². The number of hydrogen-bond acceptors (Lipinski definition) is 4. The van der Waals surface area contributed by atoms with Gasteiger partial charge in [-0.15, -0.1) is 0 Å². The van der Waals surface area contributed by atoms with Crippen LogP contribution in [0.15, 0.2) is 59.6 Å². The highest BCUT2D eigenvalue weighted by Crippen LogP contribution is 2.19. The first-order valence-electron chi connectivity index (χ1n) is 8.26. The molecule has 3 aromatic heterocycles. The number of aromatic nitrogens is 2. The maximum absolute atomic E-state index is 6.20. The highest BCUT2D eigenvalue weighted by atomic mass is 32.1. The number of fused-ring (bicyclic) bond motifs is 1. The molecule has 4 heterocycles. The van der Waals surface area contributed by atoms with Crippen LogP contribution in [-0.4, -0.2) is 27.1 Å². The van der Waals surface area contributed by atoms with Gasteiger partial charge < -0.3 is 9.30 Å². The predicted octanol–water partition coefficient (Wildman–Crippen LogP) is 3.55.